The maximum atomic E-state index is 12.9. The first-order chi connectivity index (χ1) is 12.7. The van der Waals surface area contributed by atoms with Gasteiger partial charge in [0.05, 0.1) is 13.7 Å². The van der Waals surface area contributed by atoms with Gasteiger partial charge in [-0.1, -0.05) is 0 Å². The number of nitrogens with zero attached hydrogens (tertiary/aromatic N) is 4. The Kier molecular flexibility index (Phi) is 3.48. The number of H-pyrrole nitrogens is 1. The van der Waals surface area contributed by atoms with Crippen LogP contribution in [-0.2, 0) is 13.0 Å². The molecular weight excluding hydrogens is 330 g/mol. The second kappa shape index (κ2) is 5.86. The first kappa shape index (κ1) is 15.4. The summed E-state index contributed by atoms with van der Waals surface area (Å²) in [6.07, 6.45) is 3.16. The number of benzene rings is 1. The van der Waals surface area contributed by atoms with E-state index in [4.69, 9.17) is 4.74 Å². The van der Waals surface area contributed by atoms with Gasteiger partial charge >= 0.3 is 0 Å². The van der Waals surface area contributed by atoms with Gasteiger partial charge in [-0.05, 0) is 37.1 Å². The Morgan fingerprint density at radius 1 is 1.23 bits per heavy atom. The van der Waals surface area contributed by atoms with E-state index in [0.29, 0.717) is 31.2 Å². The summed E-state index contributed by atoms with van der Waals surface area (Å²) in [6, 6.07) is 7.66. The van der Waals surface area contributed by atoms with Crippen molar-refractivity contribution in [2.45, 2.75) is 31.7 Å². The highest BCUT2D eigenvalue weighted by Gasteiger charge is 2.30. The van der Waals surface area contributed by atoms with Crippen molar-refractivity contribution in [3.05, 3.63) is 41.6 Å². The Balaban J connectivity index is 1.35. The molecular formula is C19H21N5O2. The predicted octanol–water partition coefficient (Wildman–Crippen LogP) is 2.34. The van der Waals surface area contributed by atoms with Crippen LogP contribution in [0.25, 0.3) is 10.9 Å². The van der Waals surface area contributed by atoms with E-state index in [0.717, 1.165) is 34.7 Å². The molecule has 0 atom stereocenters. The van der Waals surface area contributed by atoms with Crippen LogP contribution >= 0.6 is 0 Å². The summed E-state index contributed by atoms with van der Waals surface area (Å²) in [5.41, 5.74) is 1.55. The second-order valence-electron chi connectivity index (χ2n) is 7.06. The minimum absolute atomic E-state index is 0.0216. The molecule has 0 bridgehead atoms. The average molecular weight is 351 g/mol. The first-order valence-electron chi connectivity index (χ1n) is 9.11. The standard InChI is InChI=1S/C19H21N5O2/c1-26-14-4-5-15-13(10-14)11-16(20-15)19(25)23-7-6-17-21-18(12-2-3-12)22-24(17)9-8-23/h4-5,10-12,20H,2-3,6-9H2,1H3. The zero-order valence-electron chi connectivity index (χ0n) is 14.7. The molecule has 7 nitrogen and oxygen atoms in total. The van der Waals surface area contributed by atoms with Crippen LogP contribution in [0.1, 0.15) is 40.9 Å². The molecule has 0 radical (unpaired) electrons. The summed E-state index contributed by atoms with van der Waals surface area (Å²) >= 11 is 0. The van der Waals surface area contributed by atoms with Gasteiger partial charge in [0.15, 0.2) is 5.82 Å². The van der Waals surface area contributed by atoms with E-state index in [1.54, 1.807) is 7.11 Å². The molecule has 3 heterocycles. The van der Waals surface area contributed by atoms with Crippen molar-refractivity contribution in [2.24, 2.45) is 0 Å². The number of aromatic amines is 1. The molecule has 1 amide bonds. The second-order valence-corrected chi connectivity index (χ2v) is 7.06. The van der Waals surface area contributed by atoms with Gasteiger partial charge in [-0.25, -0.2) is 9.67 Å². The van der Waals surface area contributed by atoms with E-state index < -0.39 is 0 Å². The number of nitrogens with one attached hydrogen (secondary N) is 1. The number of rotatable bonds is 3. The third kappa shape index (κ3) is 2.64. The summed E-state index contributed by atoms with van der Waals surface area (Å²) in [4.78, 5) is 22.7. The van der Waals surface area contributed by atoms with Crippen molar-refractivity contribution in [1.82, 2.24) is 24.6 Å². The Morgan fingerprint density at radius 3 is 2.92 bits per heavy atom. The summed E-state index contributed by atoms with van der Waals surface area (Å²) in [7, 11) is 1.64. The van der Waals surface area contributed by atoms with Gasteiger partial charge in [-0.2, -0.15) is 5.10 Å². The van der Waals surface area contributed by atoms with Crippen LogP contribution in [0.2, 0.25) is 0 Å². The van der Waals surface area contributed by atoms with Crippen molar-refractivity contribution in [2.75, 3.05) is 20.2 Å². The van der Waals surface area contributed by atoms with E-state index in [2.05, 4.69) is 15.1 Å². The van der Waals surface area contributed by atoms with Gasteiger partial charge in [0.2, 0.25) is 0 Å². The van der Waals surface area contributed by atoms with E-state index >= 15 is 0 Å². The molecule has 1 saturated carbocycles. The summed E-state index contributed by atoms with van der Waals surface area (Å²) < 4.78 is 7.24. The number of carbonyl (C=O) groups excluding carboxylic acids is 1. The third-order valence-corrected chi connectivity index (χ3v) is 5.24. The van der Waals surface area contributed by atoms with Crippen LogP contribution in [0.3, 0.4) is 0 Å². The molecule has 5 rings (SSSR count). The van der Waals surface area contributed by atoms with Crippen molar-refractivity contribution in [3.8, 4) is 5.75 Å². The third-order valence-electron chi connectivity index (χ3n) is 5.24. The molecule has 3 aromatic rings. The molecule has 2 aliphatic rings. The summed E-state index contributed by atoms with van der Waals surface area (Å²) in [5.74, 6) is 3.37. The highest BCUT2D eigenvalue weighted by Crippen LogP contribution is 2.38. The lowest BCUT2D eigenvalue weighted by Crippen LogP contribution is -2.34. The van der Waals surface area contributed by atoms with Gasteiger partial charge in [-0.3, -0.25) is 4.79 Å². The smallest absolute Gasteiger partial charge is 0.270 e. The molecule has 26 heavy (non-hydrogen) atoms. The number of fused-ring (bicyclic) bond motifs is 2. The Bertz CT molecular complexity index is 960. The first-order valence-corrected chi connectivity index (χ1v) is 9.11. The minimum Gasteiger partial charge on any atom is -0.497 e. The number of aromatic nitrogens is 4. The number of amides is 1. The minimum atomic E-state index is 0.0216. The van der Waals surface area contributed by atoms with Gasteiger partial charge in [0, 0.05) is 36.3 Å². The van der Waals surface area contributed by atoms with Crippen LogP contribution in [0, 0.1) is 0 Å². The van der Waals surface area contributed by atoms with Crippen molar-refractivity contribution >= 4 is 16.8 Å². The van der Waals surface area contributed by atoms with Crippen molar-refractivity contribution in [3.63, 3.8) is 0 Å². The molecule has 1 aromatic carbocycles. The zero-order chi connectivity index (χ0) is 17.7. The molecule has 1 N–H and O–H groups in total. The molecule has 7 heteroatoms. The predicted molar refractivity (Wildman–Crippen MR) is 96.5 cm³/mol. The van der Waals surface area contributed by atoms with E-state index in [1.165, 1.54) is 12.8 Å². The number of methoxy groups -OCH3 is 1. The number of hydrogen-bond acceptors (Lipinski definition) is 4. The molecule has 1 aliphatic heterocycles. The Labute approximate surface area is 151 Å². The average Bonchev–Trinajstić information content (AvgIpc) is 3.35. The van der Waals surface area contributed by atoms with Crippen LogP contribution in [0.15, 0.2) is 24.3 Å². The molecule has 1 aliphatic carbocycles. The lowest BCUT2D eigenvalue weighted by Gasteiger charge is -2.18. The summed E-state index contributed by atoms with van der Waals surface area (Å²) in [5, 5.41) is 5.62. The Morgan fingerprint density at radius 2 is 2.12 bits per heavy atom. The van der Waals surface area contributed by atoms with Gasteiger partial charge in [0.1, 0.15) is 17.3 Å². The number of hydrogen-bond donors (Lipinski definition) is 1. The van der Waals surface area contributed by atoms with Crippen LogP contribution in [-0.4, -0.2) is 50.8 Å². The fourth-order valence-corrected chi connectivity index (χ4v) is 3.56. The van der Waals surface area contributed by atoms with Gasteiger partial charge < -0.3 is 14.6 Å². The maximum absolute atomic E-state index is 12.9. The van der Waals surface area contributed by atoms with Gasteiger partial charge in [0.25, 0.3) is 5.91 Å². The molecule has 0 spiro atoms. The monoisotopic (exact) mass is 351 g/mol. The fourth-order valence-electron chi connectivity index (χ4n) is 3.56. The SMILES string of the molecule is COc1ccc2[nH]c(C(=O)N3CCc4nc(C5CC5)nn4CC3)cc2c1. The number of ether oxygens (including phenoxy) is 1. The van der Waals surface area contributed by atoms with Crippen molar-refractivity contribution in [1.29, 1.82) is 0 Å². The lowest BCUT2D eigenvalue weighted by molar-refractivity contribution is 0.0753. The van der Waals surface area contributed by atoms with E-state index in [1.807, 2.05) is 33.8 Å². The Hall–Kier alpha value is -2.83. The quantitative estimate of drug-likeness (QED) is 0.786. The van der Waals surface area contributed by atoms with E-state index in [9.17, 15) is 4.79 Å². The molecule has 0 saturated heterocycles. The topological polar surface area (TPSA) is 76.0 Å². The molecule has 1 fully saturated rings. The highest BCUT2D eigenvalue weighted by molar-refractivity contribution is 5.98. The number of carbonyl (C=O) groups is 1. The summed E-state index contributed by atoms with van der Waals surface area (Å²) in [6.45, 7) is 2.02. The zero-order valence-corrected chi connectivity index (χ0v) is 14.7. The fraction of sp³-hybridized carbons (Fsp3) is 0.421. The van der Waals surface area contributed by atoms with Crippen LogP contribution < -0.4 is 4.74 Å². The van der Waals surface area contributed by atoms with Crippen LogP contribution in [0.4, 0.5) is 0 Å². The molecule has 2 aromatic heterocycles. The van der Waals surface area contributed by atoms with Crippen LogP contribution in [0.5, 0.6) is 5.75 Å². The highest BCUT2D eigenvalue weighted by atomic mass is 16.5. The van der Waals surface area contributed by atoms with Crippen molar-refractivity contribution < 1.29 is 9.53 Å². The largest absolute Gasteiger partial charge is 0.497 e. The van der Waals surface area contributed by atoms with E-state index in [-0.39, 0.29) is 5.91 Å². The molecule has 134 valence electrons. The van der Waals surface area contributed by atoms with Gasteiger partial charge in [-0.15, -0.1) is 0 Å². The normalized spacial score (nSPS) is 17.2. The lowest BCUT2D eigenvalue weighted by atomic mass is 10.2. The molecule has 0 unspecified atom stereocenters. The maximum Gasteiger partial charge on any atom is 0.270 e.